The maximum absolute atomic E-state index is 15.2. The van der Waals surface area contributed by atoms with Crippen molar-refractivity contribution in [2.45, 2.75) is 18.2 Å². The first-order chi connectivity index (χ1) is 13.5. The number of alkyl halides is 1. The van der Waals surface area contributed by atoms with E-state index in [-0.39, 0.29) is 23.8 Å². The van der Waals surface area contributed by atoms with Crippen molar-refractivity contribution in [1.29, 1.82) is 0 Å². The number of methoxy groups -OCH3 is 2. The van der Waals surface area contributed by atoms with Gasteiger partial charge in [-0.05, 0) is 0 Å². The number of hydrogen-bond donors (Lipinski definition) is 0. The van der Waals surface area contributed by atoms with Gasteiger partial charge >= 0.3 is 166 Å². The second-order valence-electron chi connectivity index (χ2n) is 7.27. The van der Waals surface area contributed by atoms with Crippen molar-refractivity contribution < 1.29 is 18.3 Å². The molecule has 4 rings (SSSR count). The van der Waals surface area contributed by atoms with Crippen molar-refractivity contribution in [3.05, 3.63) is 65.0 Å². The summed E-state index contributed by atoms with van der Waals surface area (Å²) in [6, 6.07) is 4.95. The van der Waals surface area contributed by atoms with Crippen LogP contribution in [-0.2, 0) is 4.74 Å². The van der Waals surface area contributed by atoms with Gasteiger partial charge in [-0.15, -0.1) is 0 Å². The second kappa shape index (κ2) is 7.00. The molecule has 0 amide bonds. The van der Waals surface area contributed by atoms with E-state index in [2.05, 4.69) is 0 Å². The standard InChI is InChI=1S/C22H19B2F2O2/c1-27-18-6-3-13(24)10-14(18)19-16(25)4-5-17(26)20(19)21-15-9-12(11-23)7-8-22(15,21)28-2/h3-4,6-11,15,17,21H,5H2,1-2H3. The van der Waals surface area contributed by atoms with Gasteiger partial charge in [0.2, 0.25) is 0 Å². The molecule has 0 aromatic heterocycles. The van der Waals surface area contributed by atoms with Crippen molar-refractivity contribution in [2.24, 2.45) is 11.8 Å². The third kappa shape index (κ3) is 2.77. The van der Waals surface area contributed by atoms with Gasteiger partial charge in [-0.25, -0.2) is 0 Å². The number of benzene rings is 1. The van der Waals surface area contributed by atoms with Gasteiger partial charge in [-0.3, -0.25) is 0 Å². The molecule has 1 aromatic rings. The van der Waals surface area contributed by atoms with Gasteiger partial charge < -0.3 is 0 Å². The molecular formula is C22H19B2F2O2. The molecule has 0 bridgehead atoms. The Hall–Kier alpha value is -2.20. The summed E-state index contributed by atoms with van der Waals surface area (Å²) in [4.78, 5) is 0. The average Bonchev–Trinajstić information content (AvgIpc) is 3.37. The van der Waals surface area contributed by atoms with Gasteiger partial charge in [0.05, 0.1) is 0 Å². The zero-order valence-corrected chi connectivity index (χ0v) is 15.8. The van der Waals surface area contributed by atoms with Gasteiger partial charge in [0.15, 0.2) is 0 Å². The van der Waals surface area contributed by atoms with E-state index in [0.29, 0.717) is 22.3 Å². The summed E-state index contributed by atoms with van der Waals surface area (Å²) in [5, 5.41) is 0. The minimum absolute atomic E-state index is 0.0123. The van der Waals surface area contributed by atoms with E-state index >= 15 is 8.78 Å². The van der Waals surface area contributed by atoms with Crippen LogP contribution in [-0.4, -0.2) is 47.3 Å². The molecule has 3 radical (unpaired) electrons. The number of fused-ring (bicyclic) bond motifs is 1. The summed E-state index contributed by atoms with van der Waals surface area (Å²) < 4.78 is 41.5. The van der Waals surface area contributed by atoms with Gasteiger partial charge in [0.25, 0.3) is 0 Å². The monoisotopic (exact) mass is 375 g/mol. The van der Waals surface area contributed by atoms with E-state index in [1.807, 2.05) is 18.2 Å². The molecule has 4 atom stereocenters. The van der Waals surface area contributed by atoms with E-state index in [1.54, 1.807) is 25.3 Å². The second-order valence-corrected chi connectivity index (χ2v) is 7.27. The molecule has 1 fully saturated rings. The van der Waals surface area contributed by atoms with Crippen molar-refractivity contribution in [3.8, 4) is 5.75 Å². The fourth-order valence-electron chi connectivity index (χ4n) is 4.51. The molecule has 139 valence electrons. The normalized spacial score (nSPS) is 31.0. The fraction of sp³-hybridized carbons (Fsp3) is 0.318. The first-order valence-corrected chi connectivity index (χ1v) is 9.16. The molecule has 1 saturated carbocycles. The Morgan fingerprint density at radius 3 is 2.75 bits per heavy atom. The van der Waals surface area contributed by atoms with Crippen LogP contribution in [0, 0.1) is 11.8 Å². The Labute approximate surface area is 166 Å². The summed E-state index contributed by atoms with van der Waals surface area (Å²) in [6.07, 6.45) is 5.65. The molecule has 3 aliphatic carbocycles. The van der Waals surface area contributed by atoms with E-state index in [9.17, 15) is 0 Å². The Balaban J connectivity index is 1.92. The molecule has 3 aliphatic rings. The molecule has 0 saturated heterocycles. The molecule has 6 heteroatoms. The number of ether oxygens (including phenoxy) is 2. The Morgan fingerprint density at radius 1 is 1.29 bits per heavy atom. The number of allylic oxidation sites excluding steroid dienone is 5. The predicted molar refractivity (Wildman–Crippen MR) is 110 cm³/mol. The van der Waals surface area contributed by atoms with Crippen LogP contribution in [0.2, 0.25) is 0 Å². The number of halogens is 2. The van der Waals surface area contributed by atoms with Crippen LogP contribution in [0.1, 0.15) is 12.0 Å². The summed E-state index contributed by atoms with van der Waals surface area (Å²) in [6.45, 7) is 0. The van der Waals surface area contributed by atoms with Gasteiger partial charge in [0.1, 0.15) is 0 Å². The van der Waals surface area contributed by atoms with Crippen LogP contribution in [0.4, 0.5) is 8.78 Å². The van der Waals surface area contributed by atoms with Gasteiger partial charge in [0, 0.05) is 0 Å². The van der Waals surface area contributed by atoms with Crippen molar-refractivity contribution >= 4 is 32.3 Å². The van der Waals surface area contributed by atoms with E-state index < -0.39 is 17.6 Å². The van der Waals surface area contributed by atoms with Crippen LogP contribution >= 0.6 is 0 Å². The summed E-state index contributed by atoms with van der Waals surface area (Å²) in [5.41, 5.74) is 1.63. The van der Waals surface area contributed by atoms with Crippen LogP contribution < -0.4 is 10.2 Å². The third-order valence-corrected chi connectivity index (χ3v) is 5.91. The zero-order valence-electron chi connectivity index (χ0n) is 15.8. The molecule has 4 unspecified atom stereocenters. The Morgan fingerprint density at radius 2 is 2.07 bits per heavy atom. The van der Waals surface area contributed by atoms with Gasteiger partial charge in [-0.1, -0.05) is 0 Å². The van der Waals surface area contributed by atoms with Gasteiger partial charge in [-0.2, -0.15) is 0 Å². The Kier molecular flexibility index (Phi) is 4.78. The molecule has 0 N–H and O–H groups in total. The van der Waals surface area contributed by atoms with Crippen LogP contribution in [0.25, 0.3) is 5.57 Å². The van der Waals surface area contributed by atoms with Crippen LogP contribution in [0.3, 0.4) is 0 Å². The summed E-state index contributed by atoms with van der Waals surface area (Å²) in [7, 11) is 14.7. The first kappa shape index (κ1) is 19.1. The Bertz CT molecular complexity index is 963. The summed E-state index contributed by atoms with van der Waals surface area (Å²) in [5.74, 6) is 1.02. The van der Waals surface area contributed by atoms with Crippen LogP contribution in [0.5, 0.6) is 5.75 Å². The van der Waals surface area contributed by atoms with E-state index in [0.717, 1.165) is 5.57 Å². The molecule has 0 spiro atoms. The number of hydrogen-bond acceptors (Lipinski definition) is 2. The molecule has 0 aliphatic heterocycles. The van der Waals surface area contributed by atoms with Crippen molar-refractivity contribution in [1.82, 2.24) is 0 Å². The minimum atomic E-state index is -1.32. The van der Waals surface area contributed by atoms with Crippen LogP contribution in [0.15, 0.2) is 59.5 Å². The quantitative estimate of drug-likeness (QED) is 0.738. The first-order valence-electron chi connectivity index (χ1n) is 9.16. The summed E-state index contributed by atoms with van der Waals surface area (Å²) >= 11 is 0. The fourth-order valence-corrected chi connectivity index (χ4v) is 4.51. The molecule has 2 nitrogen and oxygen atoms in total. The van der Waals surface area contributed by atoms with Crippen molar-refractivity contribution in [3.63, 3.8) is 0 Å². The zero-order chi connectivity index (χ0) is 20.1. The van der Waals surface area contributed by atoms with E-state index in [1.165, 1.54) is 19.2 Å². The average molecular weight is 375 g/mol. The molecule has 28 heavy (non-hydrogen) atoms. The molecule has 0 heterocycles. The van der Waals surface area contributed by atoms with E-state index in [4.69, 9.17) is 24.8 Å². The predicted octanol–water partition coefficient (Wildman–Crippen LogP) is 2.94. The molecular weight excluding hydrogens is 356 g/mol. The number of rotatable bonds is 5. The third-order valence-electron chi connectivity index (χ3n) is 5.91. The maximum atomic E-state index is 15.2. The van der Waals surface area contributed by atoms with Crippen molar-refractivity contribution in [2.75, 3.05) is 14.2 Å². The molecule has 1 aromatic carbocycles. The SMILES string of the molecule is [B]c1ccc(OC)c(C2=C(C3C4C=C(C=[B])C=CC43OC)C(F)CC=C2F)c1. The topological polar surface area (TPSA) is 18.5 Å².